The molecule has 6 nitrogen and oxygen atoms in total. The second kappa shape index (κ2) is 7.59. The zero-order valence-corrected chi connectivity index (χ0v) is 14.5. The van der Waals surface area contributed by atoms with Crippen molar-refractivity contribution in [1.29, 1.82) is 0 Å². The van der Waals surface area contributed by atoms with E-state index < -0.39 is 11.9 Å². The molecule has 1 heterocycles. The molecule has 1 amide bonds. The quantitative estimate of drug-likeness (QED) is 0.834. The number of likely N-dealkylation sites (N-methyl/N-ethyl adjacent to an activating group) is 1. The fourth-order valence-corrected chi connectivity index (χ4v) is 2.33. The van der Waals surface area contributed by atoms with Gasteiger partial charge in [-0.1, -0.05) is 23.2 Å². The van der Waals surface area contributed by atoms with Crippen LogP contribution in [0, 0.1) is 0 Å². The summed E-state index contributed by atoms with van der Waals surface area (Å²) in [5.74, 6) is -1.11. The number of nitrogens with zero attached hydrogens (tertiary/aromatic N) is 1. The Labute approximate surface area is 148 Å². The molecule has 0 radical (unpaired) electrons. The van der Waals surface area contributed by atoms with Crippen molar-refractivity contribution in [3.05, 3.63) is 51.9 Å². The lowest BCUT2D eigenvalue weighted by Crippen LogP contribution is -2.35. The van der Waals surface area contributed by atoms with Crippen molar-refractivity contribution in [1.82, 2.24) is 4.90 Å². The van der Waals surface area contributed by atoms with E-state index in [-0.39, 0.29) is 24.0 Å². The molecule has 0 aliphatic rings. The molecule has 1 N–H and O–H groups in total. The van der Waals surface area contributed by atoms with Crippen LogP contribution in [0.1, 0.15) is 27.8 Å². The highest BCUT2D eigenvalue weighted by Gasteiger charge is 2.20. The van der Waals surface area contributed by atoms with Crippen molar-refractivity contribution in [2.45, 2.75) is 13.0 Å². The largest absolute Gasteiger partial charge is 0.489 e. The highest BCUT2D eigenvalue weighted by Crippen LogP contribution is 2.26. The molecular weight excluding hydrogens is 357 g/mol. The number of carboxylic acids is 1. The van der Waals surface area contributed by atoms with Gasteiger partial charge in [-0.2, -0.15) is 0 Å². The lowest BCUT2D eigenvalue weighted by molar-refractivity contribution is 0.0689. The van der Waals surface area contributed by atoms with E-state index in [2.05, 4.69) is 0 Å². The zero-order valence-electron chi connectivity index (χ0n) is 13.0. The summed E-state index contributed by atoms with van der Waals surface area (Å²) in [6.45, 7) is 2.05. The highest BCUT2D eigenvalue weighted by molar-refractivity contribution is 6.42. The van der Waals surface area contributed by atoms with E-state index in [0.29, 0.717) is 15.8 Å². The summed E-state index contributed by atoms with van der Waals surface area (Å²) in [6.07, 6.45) is 0.698. The predicted octanol–water partition coefficient (Wildman–Crippen LogP) is 3.82. The minimum absolute atomic E-state index is 0.0448. The number of hydrogen-bond acceptors (Lipinski definition) is 4. The van der Waals surface area contributed by atoms with E-state index in [1.807, 2.05) is 0 Å². The summed E-state index contributed by atoms with van der Waals surface area (Å²) in [7, 11) is 1.57. The molecule has 1 aromatic carbocycles. The Morgan fingerprint density at radius 2 is 2.00 bits per heavy atom. The van der Waals surface area contributed by atoms with Gasteiger partial charge in [0.05, 0.1) is 22.2 Å². The molecular formula is C16H15Cl2NO5. The Morgan fingerprint density at radius 3 is 2.58 bits per heavy atom. The number of carbonyl (C=O) groups is 2. The van der Waals surface area contributed by atoms with Gasteiger partial charge in [0.15, 0.2) is 5.76 Å². The first kappa shape index (κ1) is 18.2. The van der Waals surface area contributed by atoms with Crippen LogP contribution >= 0.6 is 23.2 Å². The summed E-state index contributed by atoms with van der Waals surface area (Å²) in [4.78, 5) is 24.4. The molecule has 24 heavy (non-hydrogen) atoms. The first-order valence-corrected chi connectivity index (χ1v) is 7.72. The predicted molar refractivity (Wildman–Crippen MR) is 89.2 cm³/mol. The third-order valence-corrected chi connectivity index (χ3v) is 3.90. The summed E-state index contributed by atoms with van der Waals surface area (Å²) < 4.78 is 10.7. The number of amides is 1. The standard InChI is InChI=1S/C16H15Cl2NO5/c1-9(24-11-3-4-12(17)13(18)6-11)7-19(2)15(20)14-5-10(8-23-14)16(21)22/h3-6,8-9H,7H2,1-2H3,(H,21,22). The number of benzene rings is 1. The van der Waals surface area contributed by atoms with E-state index in [0.717, 1.165) is 6.26 Å². The number of carboxylic acid groups (broad SMARTS) is 1. The Hall–Kier alpha value is -2.18. The van der Waals surface area contributed by atoms with Crippen molar-refractivity contribution < 1.29 is 23.8 Å². The average Bonchev–Trinajstić information content (AvgIpc) is 3.00. The van der Waals surface area contributed by atoms with Crippen LogP contribution in [0.15, 0.2) is 34.9 Å². The Balaban J connectivity index is 1.96. The first-order chi connectivity index (χ1) is 11.3. The molecule has 128 valence electrons. The normalized spacial score (nSPS) is 11.8. The fraction of sp³-hybridized carbons (Fsp3) is 0.250. The van der Waals surface area contributed by atoms with Crippen molar-refractivity contribution in [2.24, 2.45) is 0 Å². The van der Waals surface area contributed by atoms with E-state index in [4.69, 9.17) is 37.5 Å². The SMILES string of the molecule is CC(CN(C)C(=O)c1cc(C(=O)O)co1)Oc1ccc(Cl)c(Cl)c1. The van der Waals surface area contributed by atoms with Gasteiger partial charge in [-0.3, -0.25) is 4.79 Å². The monoisotopic (exact) mass is 371 g/mol. The van der Waals surface area contributed by atoms with Crippen molar-refractivity contribution >= 4 is 35.1 Å². The molecule has 0 saturated carbocycles. The fourth-order valence-electron chi connectivity index (χ4n) is 2.04. The first-order valence-electron chi connectivity index (χ1n) is 6.97. The number of halogens is 2. The van der Waals surface area contributed by atoms with E-state index in [1.54, 1.807) is 32.2 Å². The number of ether oxygens (including phenoxy) is 1. The molecule has 2 rings (SSSR count). The maximum Gasteiger partial charge on any atom is 0.338 e. The molecule has 0 bridgehead atoms. The molecule has 0 aliphatic heterocycles. The van der Waals surface area contributed by atoms with Gasteiger partial charge >= 0.3 is 5.97 Å². The second-order valence-corrected chi connectivity index (χ2v) is 6.01. The molecule has 0 fully saturated rings. The summed E-state index contributed by atoms with van der Waals surface area (Å²) in [5.41, 5.74) is -0.0770. The molecule has 2 aromatic rings. The van der Waals surface area contributed by atoms with Crippen LogP contribution in [-0.2, 0) is 0 Å². The number of furan rings is 1. The number of aromatic carboxylic acids is 1. The number of hydrogen-bond donors (Lipinski definition) is 1. The van der Waals surface area contributed by atoms with Crippen LogP contribution in [-0.4, -0.2) is 41.6 Å². The molecule has 8 heteroatoms. The third-order valence-electron chi connectivity index (χ3n) is 3.16. The number of carbonyl (C=O) groups excluding carboxylic acids is 1. The van der Waals surface area contributed by atoms with Gasteiger partial charge in [0.2, 0.25) is 0 Å². The average molecular weight is 372 g/mol. The zero-order chi connectivity index (χ0) is 17.9. The van der Waals surface area contributed by atoms with E-state index >= 15 is 0 Å². The lowest BCUT2D eigenvalue weighted by Gasteiger charge is -2.22. The van der Waals surface area contributed by atoms with E-state index in [1.165, 1.54) is 11.0 Å². The molecule has 0 saturated heterocycles. The van der Waals surface area contributed by atoms with Crippen molar-refractivity contribution in [3.63, 3.8) is 0 Å². The summed E-state index contributed by atoms with van der Waals surface area (Å²) in [5, 5.41) is 9.65. The van der Waals surface area contributed by atoms with Crippen LogP contribution in [0.4, 0.5) is 0 Å². The molecule has 0 aliphatic carbocycles. The van der Waals surface area contributed by atoms with Gasteiger partial charge in [0, 0.05) is 19.2 Å². The lowest BCUT2D eigenvalue weighted by atomic mass is 10.3. The Kier molecular flexibility index (Phi) is 5.75. The van der Waals surface area contributed by atoms with Gasteiger partial charge in [-0.25, -0.2) is 4.79 Å². The van der Waals surface area contributed by atoms with E-state index in [9.17, 15) is 9.59 Å². The van der Waals surface area contributed by atoms with Gasteiger partial charge < -0.3 is 19.2 Å². The number of rotatable bonds is 6. The highest BCUT2D eigenvalue weighted by atomic mass is 35.5. The van der Waals surface area contributed by atoms with Crippen molar-refractivity contribution in [3.8, 4) is 5.75 Å². The minimum Gasteiger partial charge on any atom is -0.489 e. The van der Waals surface area contributed by atoms with Crippen LogP contribution in [0.25, 0.3) is 0 Å². The maximum absolute atomic E-state index is 12.2. The van der Waals surface area contributed by atoms with Crippen molar-refractivity contribution in [2.75, 3.05) is 13.6 Å². The molecule has 1 unspecified atom stereocenters. The second-order valence-electron chi connectivity index (χ2n) is 5.19. The van der Waals surface area contributed by atoms with Gasteiger partial charge in [0.1, 0.15) is 18.1 Å². The van der Waals surface area contributed by atoms with Gasteiger partial charge in [0.25, 0.3) is 5.91 Å². The molecule has 1 aromatic heterocycles. The summed E-state index contributed by atoms with van der Waals surface area (Å²) >= 11 is 11.8. The third kappa shape index (κ3) is 4.43. The topological polar surface area (TPSA) is 80.0 Å². The Morgan fingerprint density at radius 1 is 1.29 bits per heavy atom. The van der Waals surface area contributed by atoms with Crippen LogP contribution < -0.4 is 4.74 Å². The molecule has 1 atom stereocenters. The Bertz CT molecular complexity index is 759. The van der Waals surface area contributed by atoms with Crippen LogP contribution in [0.2, 0.25) is 10.0 Å². The smallest absolute Gasteiger partial charge is 0.338 e. The van der Waals surface area contributed by atoms with Crippen LogP contribution in [0.3, 0.4) is 0 Å². The van der Waals surface area contributed by atoms with Crippen LogP contribution in [0.5, 0.6) is 5.75 Å². The van der Waals surface area contributed by atoms with Gasteiger partial charge in [-0.05, 0) is 19.1 Å². The van der Waals surface area contributed by atoms with Gasteiger partial charge in [-0.15, -0.1) is 0 Å². The maximum atomic E-state index is 12.2. The summed E-state index contributed by atoms with van der Waals surface area (Å²) in [6, 6.07) is 6.08. The molecule has 0 spiro atoms. The minimum atomic E-state index is -1.16.